The fourth-order valence-electron chi connectivity index (χ4n) is 9.74. The first-order chi connectivity index (χ1) is 28.6. The second kappa shape index (κ2) is 13.0. The Balaban J connectivity index is 1.02. The van der Waals surface area contributed by atoms with Crippen molar-refractivity contribution in [1.82, 2.24) is 9.13 Å². The molecule has 2 aliphatic carbocycles. The molecule has 10 aromatic rings. The number of allylic oxidation sites excluding steroid dienone is 5. The van der Waals surface area contributed by atoms with Gasteiger partial charge >= 0.3 is 0 Å². The van der Waals surface area contributed by atoms with Crippen molar-refractivity contribution < 1.29 is 4.42 Å². The quantitative estimate of drug-likeness (QED) is 0.172. The largest absolute Gasteiger partial charge is 0.456 e. The lowest BCUT2D eigenvalue weighted by atomic mass is 9.93. The van der Waals surface area contributed by atoms with Gasteiger partial charge in [-0.25, -0.2) is 0 Å². The molecule has 3 heterocycles. The van der Waals surface area contributed by atoms with Crippen LogP contribution in [0.15, 0.2) is 186 Å². The first-order valence-corrected chi connectivity index (χ1v) is 20.5. The molecule has 0 spiro atoms. The van der Waals surface area contributed by atoms with Crippen LogP contribution in [0.25, 0.3) is 94.2 Å². The lowest BCUT2D eigenvalue weighted by Crippen LogP contribution is -2.13. The number of fused-ring (bicyclic) bond motifs is 9. The van der Waals surface area contributed by atoms with E-state index >= 15 is 0 Å². The van der Waals surface area contributed by atoms with Crippen LogP contribution in [0.3, 0.4) is 0 Å². The normalized spacial score (nSPS) is 16.5. The van der Waals surface area contributed by atoms with Gasteiger partial charge in [-0.1, -0.05) is 128 Å². The number of rotatable bonds is 5. The molecule has 58 heavy (non-hydrogen) atoms. The molecule has 7 aromatic carbocycles. The Hall–Kier alpha value is -7.10. The third-order valence-corrected chi connectivity index (χ3v) is 12.6. The van der Waals surface area contributed by atoms with Crippen molar-refractivity contribution >= 4 is 66.3 Å². The molecule has 0 N–H and O–H groups in total. The highest BCUT2D eigenvalue weighted by Crippen LogP contribution is 2.42. The second-order valence-electron chi connectivity index (χ2n) is 16.1. The van der Waals surface area contributed by atoms with Crippen LogP contribution in [0, 0.1) is 5.92 Å². The van der Waals surface area contributed by atoms with Crippen molar-refractivity contribution in [3.05, 3.63) is 199 Å². The lowest BCUT2D eigenvalue weighted by Gasteiger charge is -2.23. The molecule has 12 rings (SSSR count). The van der Waals surface area contributed by atoms with Gasteiger partial charge in [-0.05, 0) is 124 Å². The summed E-state index contributed by atoms with van der Waals surface area (Å²) >= 11 is 0. The smallest absolute Gasteiger partial charge is 0.135 e. The number of hydrogen-bond acceptors (Lipinski definition) is 1. The third kappa shape index (κ3) is 5.20. The fourth-order valence-corrected chi connectivity index (χ4v) is 9.74. The van der Waals surface area contributed by atoms with Gasteiger partial charge in [0.25, 0.3) is 0 Å². The van der Waals surface area contributed by atoms with Gasteiger partial charge in [0.15, 0.2) is 0 Å². The molecule has 0 fully saturated rings. The average molecular weight is 745 g/mol. The van der Waals surface area contributed by atoms with Gasteiger partial charge in [0, 0.05) is 49.3 Å². The summed E-state index contributed by atoms with van der Waals surface area (Å²) in [5.41, 5.74) is 16.6. The predicted octanol–water partition coefficient (Wildman–Crippen LogP) is 14.8. The van der Waals surface area contributed by atoms with Crippen molar-refractivity contribution in [2.24, 2.45) is 5.92 Å². The van der Waals surface area contributed by atoms with E-state index in [1.54, 1.807) is 0 Å². The molecule has 0 bridgehead atoms. The molecular formula is C55H40N2O. The monoisotopic (exact) mass is 744 g/mol. The molecule has 2 aliphatic rings. The second-order valence-corrected chi connectivity index (χ2v) is 16.1. The first-order valence-electron chi connectivity index (χ1n) is 20.5. The maximum Gasteiger partial charge on any atom is 0.135 e. The Bertz CT molecular complexity index is 3310. The van der Waals surface area contributed by atoms with Crippen LogP contribution in [0.1, 0.15) is 36.2 Å². The zero-order valence-electron chi connectivity index (χ0n) is 32.3. The summed E-state index contributed by atoms with van der Waals surface area (Å²) in [6.45, 7) is 2.27. The zero-order chi connectivity index (χ0) is 38.3. The Labute approximate surface area is 337 Å². The van der Waals surface area contributed by atoms with Gasteiger partial charge in [-0.2, -0.15) is 0 Å². The Morgan fingerprint density at radius 1 is 0.500 bits per heavy atom. The Morgan fingerprint density at radius 3 is 1.83 bits per heavy atom. The van der Waals surface area contributed by atoms with Gasteiger partial charge in [0.05, 0.1) is 11.6 Å². The van der Waals surface area contributed by atoms with Crippen LogP contribution < -0.4 is 0 Å². The van der Waals surface area contributed by atoms with E-state index in [1.165, 1.54) is 71.8 Å². The van der Waals surface area contributed by atoms with Crippen molar-refractivity contribution in [1.29, 1.82) is 0 Å². The molecule has 3 nitrogen and oxygen atoms in total. The Morgan fingerprint density at radius 2 is 1.12 bits per heavy atom. The van der Waals surface area contributed by atoms with Crippen LogP contribution in [0.4, 0.5) is 0 Å². The summed E-state index contributed by atoms with van der Waals surface area (Å²) in [7, 11) is 0. The summed E-state index contributed by atoms with van der Waals surface area (Å²) in [5.74, 6) is 0.579. The van der Waals surface area contributed by atoms with Gasteiger partial charge < -0.3 is 13.6 Å². The summed E-state index contributed by atoms with van der Waals surface area (Å²) in [6, 6.07) is 58.0. The molecule has 0 saturated heterocycles. The Kier molecular flexibility index (Phi) is 7.40. The lowest BCUT2D eigenvalue weighted by molar-refractivity contribution is 0.636. The molecule has 3 aromatic heterocycles. The molecular weight excluding hydrogens is 705 g/mol. The van der Waals surface area contributed by atoms with Crippen LogP contribution in [0.2, 0.25) is 0 Å². The number of nitrogens with zero attached hydrogens (tertiary/aromatic N) is 2. The molecule has 0 amide bonds. The molecule has 0 aliphatic heterocycles. The van der Waals surface area contributed by atoms with E-state index in [9.17, 15) is 0 Å². The number of hydrogen-bond donors (Lipinski definition) is 0. The summed E-state index contributed by atoms with van der Waals surface area (Å²) in [6.07, 6.45) is 13.7. The van der Waals surface area contributed by atoms with Crippen LogP contribution in [0.5, 0.6) is 0 Å². The van der Waals surface area contributed by atoms with Crippen LogP contribution >= 0.6 is 0 Å². The van der Waals surface area contributed by atoms with Gasteiger partial charge in [0.1, 0.15) is 11.2 Å². The SMILES string of the molecule is CC1C=CC(c2ccc3oc4ccc(-c5cc(-c6ccccc6)cc(-n6c7c(c8ccccc86)CC(n6c8ccccc8c8ccccc86)C=C7)c5)cc4c3c2)=CC1. The van der Waals surface area contributed by atoms with Crippen molar-refractivity contribution in [3.63, 3.8) is 0 Å². The maximum atomic E-state index is 6.42. The van der Waals surface area contributed by atoms with Crippen LogP contribution in [-0.2, 0) is 6.42 Å². The first kappa shape index (κ1) is 33.1. The highest BCUT2D eigenvalue weighted by Gasteiger charge is 2.26. The van der Waals surface area contributed by atoms with E-state index in [0.29, 0.717) is 5.92 Å². The van der Waals surface area contributed by atoms with Crippen molar-refractivity contribution in [3.8, 4) is 27.9 Å². The van der Waals surface area contributed by atoms with Crippen LogP contribution in [-0.4, -0.2) is 9.13 Å². The third-order valence-electron chi connectivity index (χ3n) is 12.6. The van der Waals surface area contributed by atoms with E-state index in [2.05, 4.69) is 204 Å². The molecule has 0 radical (unpaired) electrons. The molecule has 276 valence electrons. The fraction of sp³-hybridized carbons (Fsp3) is 0.0909. The molecule has 3 heteroatoms. The minimum Gasteiger partial charge on any atom is -0.456 e. The molecule has 2 unspecified atom stereocenters. The predicted molar refractivity (Wildman–Crippen MR) is 244 cm³/mol. The molecule has 2 atom stereocenters. The minimum absolute atomic E-state index is 0.189. The summed E-state index contributed by atoms with van der Waals surface area (Å²) in [4.78, 5) is 0. The topological polar surface area (TPSA) is 23.0 Å². The van der Waals surface area contributed by atoms with Gasteiger partial charge in [-0.15, -0.1) is 0 Å². The van der Waals surface area contributed by atoms with E-state index in [-0.39, 0.29) is 6.04 Å². The average Bonchev–Trinajstić information content (AvgIpc) is 3.94. The number of para-hydroxylation sites is 3. The number of benzene rings is 7. The number of furan rings is 1. The van der Waals surface area contributed by atoms with Gasteiger partial charge in [-0.3, -0.25) is 0 Å². The van der Waals surface area contributed by atoms with E-state index in [0.717, 1.165) is 46.0 Å². The van der Waals surface area contributed by atoms with Crippen molar-refractivity contribution in [2.75, 3.05) is 0 Å². The number of aromatic nitrogens is 2. The van der Waals surface area contributed by atoms with E-state index in [4.69, 9.17) is 4.42 Å². The summed E-state index contributed by atoms with van der Waals surface area (Å²) in [5, 5.41) is 6.20. The summed E-state index contributed by atoms with van der Waals surface area (Å²) < 4.78 is 11.5. The highest BCUT2D eigenvalue weighted by molar-refractivity contribution is 6.09. The van der Waals surface area contributed by atoms with Crippen molar-refractivity contribution in [2.45, 2.75) is 25.8 Å². The molecule has 0 saturated carbocycles. The maximum absolute atomic E-state index is 6.42. The minimum atomic E-state index is 0.189. The standard InChI is InChI=1S/C55H40N2O/c1-35-19-21-37(22-20-35)38-23-27-54-48(32-38)49-33-39(24-28-55(49)58-54)41-29-40(36-11-3-2-4-12-36)30-43(31-41)57-52-18-10-7-15-46(52)47-34-42(25-26-53(47)57)56-50-16-8-5-13-44(50)45-14-6-9-17-51(45)56/h2-19,21-33,35,42H,20,34H2,1H3. The van der Waals surface area contributed by atoms with E-state index < -0.39 is 0 Å². The highest BCUT2D eigenvalue weighted by atomic mass is 16.3. The van der Waals surface area contributed by atoms with Gasteiger partial charge in [0.2, 0.25) is 0 Å². The van der Waals surface area contributed by atoms with E-state index in [1.807, 2.05) is 0 Å². The zero-order valence-corrected chi connectivity index (χ0v) is 32.3.